The van der Waals surface area contributed by atoms with E-state index in [0.717, 1.165) is 41.6 Å². The number of nitrogens with zero attached hydrogens (tertiary/aromatic N) is 2. The predicted octanol–water partition coefficient (Wildman–Crippen LogP) is 3.99. The van der Waals surface area contributed by atoms with Crippen LogP contribution in [-0.2, 0) is 13.1 Å². The number of rotatable bonds is 7. The fourth-order valence-electron chi connectivity index (χ4n) is 2.16. The number of ether oxygens (including phenoxy) is 1. The fourth-order valence-corrected chi connectivity index (χ4v) is 2.40. The lowest BCUT2D eigenvalue weighted by molar-refractivity contribution is 0.480. The van der Waals surface area contributed by atoms with Gasteiger partial charge in [0, 0.05) is 24.2 Å². The van der Waals surface area contributed by atoms with Crippen LogP contribution in [0.5, 0.6) is 11.5 Å². The van der Waals surface area contributed by atoms with Crippen LogP contribution in [0.2, 0.25) is 5.02 Å². The van der Waals surface area contributed by atoms with Crippen molar-refractivity contribution in [1.29, 1.82) is 0 Å². The molecule has 0 aliphatic heterocycles. The second-order valence-corrected chi connectivity index (χ2v) is 5.86. The van der Waals surface area contributed by atoms with E-state index in [-0.39, 0.29) is 0 Å². The van der Waals surface area contributed by atoms with E-state index < -0.39 is 0 Å². The largest absolute Gasteiger partial charge is 0.454 e. The van der Waals surface area contributed by atoms with E-state index in [1.807, 2.05) is 29.1 Å². The van der Waals surface area contributed by atoms with E-state index in [2.05, 4.69) is 17.3 Å². The SMILES string of the molecule is CCCn1cc(Oc2ccc(CNC3CC3)c(Cl)c2)cn1. The van der Waals surface area contributed by atoms with Crippen molar-refractivity contribution >= 4 is 11.6 Å². The van der Waals surface area contributed by atoms with Crippen molar-refractivity contribution < 1.29 is 4.74 Å². The van der Waals surface area contributed by atoms with Crippen molar-refractivity contribution in [2.24, 2.45) is 0 Å². The van der Waals surface area contributed by atoms with Crippen molar-refractivity contribution in [2.45, 2.75) is 45.3 Å². The Balaban J connectivity index is 1.62. The molecule has 1 aromatic heterocycles. The Morgan fingerprint density at radius 3 is 2.95 bits per heavy atom. The molecule has 0 bridgehead atoms. The Morgan fingerprint density at radius 1 is 1.38 bits per heavy atom. The van der Waals surface area contributed by atoms with Crippen LogP contribution < -0.4 is 10.1 Å². The summed E-state index contributed by atoms with van der Waals surface area (Å²) < 4.78 is 7.67. The molecular weight excluding hydrogens is 286 g/mol. The van der Waals surface area contributed by atoms with Crippen molar-refractivity contribution in [3.05, 3.63) is 41.2 Å². The highest BCUT2D eigenvalue weighted by atomic mass is 35.5. The Morgan fingerprint density at radius 2 is 2.24 bits per heavy atom. The highest BCUT2D eigenvalue weighted by Crippen LogP contribution is 2.27. The van der Waals surface area contributed by atoms with Gasteiger partial charge in [-0.3, -0.25) is 4.68 Å². The molecule has 112 valence electrons. The predicted molar refractivity (Wildman–Crippen MR) is 83.9 cm³/mol. The molecule has 0 spiro atoms. The lowest BCUT2D eigenvalue weighted by atomic mass is 10.2. The van der Waals surface area contributed by atoms with Crippen LogP contribution in [0.1, 0.15) is 31.7 Å². The molecule has 1 heterocycles. The van der Waals surface area contributed by atoms with E-state index >= 15 is 0 Å². The third-order valence-electron chi connectivity index (χ3n) is 3.48. The fraction of sp³-hybridized carbons (Fsp3) is 0.438. The van der Waals surface area contributed by atoms with E-state index in [9.17, 15) is 0 Å². The summed E-state index contributed by atoms with van der Waals surface area (Å²) in [5.74, 6) is 1.48. The Bertz CT molecular complexity index is 607. The van der Waals surface area contributed by atoms with Gasteiger partial charge in [0.2, 0.25) is 0 Å². The van der Waals surface area contributed by atoms with E-state index in [1.54, 1.807) is 6.20 Å². The average molecular weight is 306 g/mol. The summed E-state index contributed by atoms with van der Waals surface area (Å²) in [6.45, 7) is 3.84. The van der Waals surface area contributed by atoms with E-state index in [1.165, 1.54) is 12.8 Å². The molecule has 1 N–H and O–H groups in total. The molecule has 21 heavy (non-hydrogen) atoms. The summed E-state index contributed by atoms with van der Waals surface area (Å²) in [4.78, 5) is 0. The van der Waals surface area contributed by atoms with E-state index in [4.69, 9.17) is 16.3 Å². The number of hydrogen-bond acceptors (Lipinski definition) is 3. The van der Waals surface area contributed by atoms with E-state index in [0.29, 0.717) is 6.04 Å². The molecule has 4 nitrogen and oxygen atoms in total. The smallest absolute Gasteiger partial charge is 0.165 e. The Kier molecular flexibility index (Phi) is 4.46. The maximum Gasteiger partial charge on any atom is 0.165 e. The maximum absolute atomic E-state index is 6.31. The highest BCUT2D eigenvalue weighted by Gasteiger charge is 2.20. The first-order valence-electron chi connectivity index (χ1n) is 7.46. The van der Waals surface area contributed by atoms with Gasteiger partial charge in [-0.05, 0) is 37.0 Å². The topological polar surface area (TPSA) is 39.1 Å². The molecule has 2 aromatic rings. The van der Waals surface area contributed by atoms with Crippen molar-refractivity contribution in [1.82, 2.24) is 15.1 Å². The van der Waals surface area contributed by atoms with Gasteiger partial charge in [0.15, 0.2) is 5.75 Å². The minimum Gasteiger partial charge on any atom is -0.454 e. The van der Waals surface area contributed by atoms with Gasteiger partial charge >= 0.3 is 0 Å². The van der Waals surface area contributed by atoms with Gasteiger partial charge in [0.25, 0.3) is 0 Å². The van der Waals surface area contributed by atoms with Crippen LogP contribution in [0.25, 0.3) is 0 Å². The van der Waals surface area contributed by atoms with Gasteiger partial charge in [-0.2, -0.15) is 5.10 Å². The zero-order chi connectivity index (χ0) is 14.7. The molecule has 1 aliphatic carbocycles. The summed E-state index contributed by atoms with van der Waals surface area (Å²) in [7, 11) is 0. The second kappa shape index (κ2) is 6.50. The van der Waals surface area contributed by atoms with Gasteiger partial charge in [-0.25, -0.2) is 0 Å². The Labute approximate surface area is 130 Å². The van der Waals surface area contributed by atoms with Gasteiger partial charge in [-0.1, -0.05) is 24.6 Å². The zero-order valence-electron chi connectivity index (χ0n) is 12.2. The highest BCUT2D eigenvalue weighted by molar-refractivity contribution is 6.31. The van der Waals surface area contributed by atoms with Crippen molar-refractivity contribution in [3.8, 4) is 11.5 Å². The standard InChI is InChI=1S/C16H20ClN3O/c1-2-7-20-11-15(10-19-20)21-14-6-3-12(16(17)8-14)9-18-13-4-5-13/h3,6,8,10-11,13,18H,2,4-5,7,9H2,1H3. The number of aryl methyl sites for hydroxylation is 1. The molecule has 0 amide bonds. The lowest BCUT2D eigenvalue weighted by Gasteiger charge is -2.08. The van der Waals surface area contributed by atoms with Gasteiger partial charge in [-0.15, -0.1) is 0 Å². The third-order valence-corrected chi connectivity index (χ3v) is 3.83. The first-order valence-corrected chi connectivity index (χ1v) is 7.84. The molecule has 0 radical (unpaired) electrons. The summed E-state index contributed by atoms with van der Waals surface area (Å²) in [6, 6.07) is 6.51. The summed E-state index contributed by atoms with van der Waals surface area (Å²) in [5, 5.41) is 8.45. The minimum absolute atomic E-state index is 0.682. The maximum atomic E-state index is 6.31. The molecule has 5 heteroatoms. The van der Waals surface area contributed by atoms with Crippen molar-refractivity contribution in [3.63, 3.8) is 0 Å². The molecular formula is C16H20ClN3O. The first-order chi connectivity index (χ1) is 10.2. The van der Waals surface area contributed by atoms with Gasteiger partial charge in [0.05, 0.1) is 12.4 Å². The van der Waals surface area contributed by atoms with Gasteiger partial charge in [0.1, 0.15) is 5.75 Å². The monoisotopic (exact) mass is 305 g/mol. The van der Waals surface area contributed by atoms with Crippen LogP contribution in [0.15, 0.2) is 30.6 Å². The number of benzene rings is 1. The zero-order valence-corrected chi connectivity index (χ0v) is 12.9. The third kappa shape index (κ3) is 3.99. The van der Waals surface area contributed by atoms with Crippen LogP contribution >= 0.6 is 11.6 Å². The van der Waals surface area contributed by atoms with Crippen LogP contribution in [0, 0.1) is 0 Å². The van der Waals surface area contributed by atoms with Gasteiger partial charge < -0.3 is 10.1 Å². The molecule has 1 aromatic carbocycles. The molecule has 1 fully saturated rings. The first kappa shape index (κ1) is 14.4. The summed E-state index contributed by atoms with van der Waals surface area (Å²) in [5.41, 5.74) is 1.11. The number of nitrogens with one attached hydrogen (secondary N) is 1. The Hall–Kier alpha value is -1.52. The summed E-state index contributed by atoms with van der Waals surface area (Å²) >= 11 is 6.31. The normalized spacial score (nSPS) is 14.4. The molecule has 0 atom stereocenters. The average Bonchev–Trinajstić information content (AvgIpc) is 3.19. The molecule has 0 saturated heterocycles. The quantitative estimate of drug-likeness (QED) is 0.840. The van der Waals surface area contributed by atoms with Crippen LogP contribution in [0.4, 0.5) is 0 Å². The lowest BCUT2D eigenvalue weighted by Crippen LogP contribution is -2.15. The molecule has 3 rings (SSSR count). The number of hydrogen-bond donors (Lipinski definition) is 1. The number of halogens is 1. The number of aromatic nitrogens is 2. The molecule has 1 aliphatic rings. The summed E-state index contributed by atoms with van der Waals surface area (Å²) in [6.07, 6.45) is 7.24. The van der Waals surface area contributed by atoms with Crippen molar-refractivity contribution in [2.75, 3.05) is 0 Å². The second-order valence-electron chi connectivity index (χ2n) is 5.45. The minimum atomic E-state index is 0.682. The van der Waals surface area contributed by atoms with Crippen LogP contribution in [0.3, 0.4) is 0 Å². The molecule has 1 saturated carbocycles. The molecule has 0 unspecified atom stereocenters. The van der Waals surface area contributed by atoms with Crippen LogP contribution in [-0.4, -0.2) is 15.8 Å².